The van der Waals surface area contributed by atoms with Crippen molar-refractivity contribution in [2.45, 2.75) is 45.5 Å². The molecule has 2 amide bonds. The summed E-state index contributed by atoms with van der Waals surface area (Å²) in [5, 5.41) is 2.90. The second-order valence-electron chi connectivity index (χ2n) is 6.96. The van der Waals surface area contributed by atoms with Crippen molar-refractivity contribution in [3.8, 4) is 0 Å². The summed E-state index contributed by atoms with van der Waals surface area (Å²) < 4.78 is 0. The van der Waals surface area contributed by atoms with Crippen molar-refractivity contribution >= 4 is 23.6 Å². The summed E-state index contributed by atoms with van der Waals surface area (Å²) in [6, 6.07) is 17.6. The van der Waals surface area contributed by atoms with Crippen molar-refractivity contribution < 1.29 is 9.59 Å². The van der Waals surface area contributed by atoms with Gasteiger partial charge in [-0.05, 0) is 31.4 Å². The van der Waals surface area contributed by atoms with Crippen molar-refractivity contribution in [3.05, 3.63) is 71.3 Å². The fourth-order valence-corrected chi connectivity index (χ4v) is 3.76. The monoisotopic (exact) mass is 398 g/mol. The van der Waals surface area contributed by atoms with Crippen LogP contribution in [0.1, 0.15) is 37.0 Å². The molecule has 5 heteroatoms. The van der Waals surface area contributed by atoms with Gasteiger partial charge >= 0.3 is 0 Å². The van der Waals surface area contributed by atoms with Crippen LogP contribution in [0.15, 0.2) is 54.6 Å². The van der Waals surface area contributed by atoms with Crippen LogP contribution in [0.5, 0.6) is 0 Å². The third-order valence-corrected chi connectivity index (χ3v) is 5.48. The first-order chi connectivity index (χ1) is 13.5. The molecular weight excluding hydrogens is 368 g/mol. The number of nitrogens with one attached hydrogen (secondary N) is 1. The Balaban J connectivity index is 2.01. The molecule has 150 valence electrons. The summed E-state index contributed by atoms with van der Waals surface area (Å²) in [7, 11) is 0. The highest BCUT2D eigenvalue weighted by molar-refractivity contribution is 7.99. The molecule has 1 unspecified atom stereocenters. The Bertz CT molecular complexity index is 764. The molecule has 0 aromatic heterocycles. The summed E-state index contributed by atoms with van der Waals surface area (Å²) >= 11 is 1.59. The number of carbonyl (C=O) groups is 2. The maximum Gasteiger partial charge on any atom is 0.242 e. The van der Waals surface area contributed by atoms with E-state index >= 15 is 0 Å². The molecule has 0 aliphatic heterocycles. The summed E-state index contributed by atoms with van der Waals surface area (Å²) in [6.45, 7) is 6.94. The van der Waals surface area contributed by atoms with Gasteiger partial charge in [-0.3, -0.25) is 9.59 Å². The molecule has 0 saturated heterocycles. The summed E-state index contributed by atoms with van der Waals surface area (Å²) in [5.74, 6) is 1.02. The Kier molecular flexibility index (Phi) is 9.08. The predicted octanol–water partition coefficient (Wildman–Crippen LogP) is 4.17. The molecule has 0 heterocycles. The number of rotatable bonds is 10. The van der Waals surface area contributed by atoms with Gasteiger partial charge in [0.15, 0.2) is 0 Å². The van der Waals surface area contributed by atoms with Crippen LogP contribution in [0.4, 0.5) is 0 Å². The lowest BCUT2D eigenvalue weighted by molar-refractivity contribution is -0.138. The van der Waals surface area contributed by atoms with E-state index in [1.165, 1.54) is 11.1 Å². The Hall–Kier alpha value is -2.27. The molecule has 2 aromatic rings. The van der Waals surface area contributed by atoms with E-state index < -0.39 is 6.04 Å². The highest BCUT2D eigenvalue weighted by Gasteiger charge is 2.25. The number of aryl methyl sites for hydroxylation is 1. The minimum atomic E-state index is -0.501. The number of nitrogens with zero attached hydrogens (tertiary/aromatic N) is 1. The number of hydrogen-bond donors (Lipinski definition) is 1. The van der Waals surface area contributed by atoms with Gasteiger partial charge < -0.3 is 10.2 Å². The molecule has 0 saturated carbocycles. The zero-order valence-electron chi connectivity index (χ0n) is 17.0. The fraction of sp³-hybridized carbons (Fsp3) is 0.391. The van der Waals surface area contributed by atoms with Gasteiger partial charge in [0.25, 0.3) is 0 Å². The van der Waals surface area contributed by atoms with Gasteiger partial charge in [0, 0.05) is 18.8 Å². The van der Waals surface area contributed by atoms with Crippen LogP contribution in [0.3, 0.4) is 0 Å². The predicted molar refractivity (Wildman–Crippen MR) is 117 cm³/mol. The first-order valence-electron chi connectivity index (χ1n) is 9.75. The minimum Gasteiger partial charge on any atom is -0.354 e. The Morgan fingerprint density at radius 1 is 1.07 bits per heavy atom. The first-order valence-corrected chi connectivity index (χ1v) is 10.9. The van der Waals surface area contributed by atoms with E-state index in [2.05, 4.69) is 30.4 Å². The lowest BCUT2D eigenvalue weighted by atomic mass is 10.1. The minimum absolute atomic E-state index is 0.0133. The molecule has 2 aromatic carbocycles. The van der Waals surface area contributed by atoms with Gasteiger partial charge in [-0.2, -0.15) is 0 Å². The number of amides is 2. The molecule has 0 spiro atoms. The molecule has 28 heavy (non-hydrogen) atoms. The molecule has 1 N–H and O–H groups in total. The van der Waals surface area contributed by atoms with Crippen LogP contribution in [-0.4, -0.2) is 35.1 Å². The van der Waals surface area contributed by atoms with Gasteiger partial charge in [0.1, 0.15) is 6.04 Å². The zero-order valence-corrected chi connectivity index (χ0v) is 17.8. The van der Waals surface area contributed by atoms with Crippen molar-refractivity contribution in [3.63, 3.8) is 0 Å². The quantitative estimate of drug-likeness (QED) is 0.653. The normalized spacial score (nSPS) is 11.7. The van der Waals surface area contributed by atoms with Gasteiger partial charge in [0.2, 0.25) is 11.8 Å². The summed E-state index contributed by atoms with van der Waals surface area (Å²) in [4.78, 5) is 27.1. The second kappa shape index (κ2) is 11.5. The number of thioether (sulfide) groups is 1. The highest BCUT2D eigenvalue weighted by atomic mass is 32.2. The van der Waals surface area contributed by atoms with Crippen molar-refractivity contribution in [2.24, 2.45) is 0 Å². The summed E-state index contributed by atoms with van der Waals surface area (Å²) in [5.41, 5.74) is 3.45. The van der Waals surface area contributed by atoms with Crippen LogP contribution in [0.25, 0.3) is 0 Å². The molecule has 2 rings (SSSR count). The maximum atomic E-state index is 12.9. The largest absolute Gasteiger partial charge is 0.354 e. The van der Waals surface area contributed by atoms with Crippen LogP contribution < -0.4 is 5.32 Å². The van der Waals surface area contributed by atoms with Crippen molar-refractivity contribution in [1.29, 1.82) is 0 Å². The van der Waals surface area contributed by atoms with Crippen LogP contribution in [-0.2, 0) is 21.9 Å². The van der Waals surface area contributed by atoms with E-state index in [-0.39, 0.29) is 11.8 Å². The van der Waals surface area contributed by atoms with Crippen LogP contribution >= 0.6 is 11.8 Å². The number of benzene rings is 2. The van der Waals surface area contributed by atoms with E-state index in [9.17, 15) is 9.59 Å². The van der Waals surface area contributed by atoms with Crippen LogP contribution in [0, 0.1) is 6.92 Å². The van der Waals surface area contributed by atoms with Gasteiger partial charge in [-0.1, -0.05) is 67.1 Å². The van der Waals surface area contributed by atoms with Crippen molar-refractivity contribution in [1.82, 2.24) is 10.2 Å². The van der Waals surface area contributed by atoms with Gasteiger partial charge in [0.05, 0.1) is 5.75 Å². The molecule has 0 aliphatic carbocycles. The second-order valence-corrected chi connectivity index (χ2v) is 7.94. The third-order valence-electron chi connectivity index (χ3n) is 4.49. The smallest absolute Gasteiger partial charge is 0.242 e. The molecule has 0 fully saturated rings. The fourth-order valence-electron chi connectivity index (χ4n) is 2.90. The first kappa shape index (κ1) is 22.0. The topological polar surface area (TPSA) is 49.4 Å². The Morgan fingerprint density at radius 2 is 1.79 bits per heavy atom. The lowest BCUT2D eigenvalue weighted by Crippen LogP contribution is -2.48. The Labute approximate surface area is 172 Å². The van der Waals surface area contributed by atoms with E-state index in [0.29, 0.717) is 18.8 Å². The molecule has 0 bridgehead atoms. The standard InChI is InChI=1S/C23H30N2O2S/c1-4-13-24-23(27)19(3)25(15-20-10-6-5-7-11-20)22(26)17-28-16-21-12-8-9-18(2)14-21/h5-12,14,19H,4,13,15-17H2,1-3H3,(H,24,27). The van der Waals surface area contributed by atoms with E-state index in [1.807, 2.05) is 43.3 Å². The zero-order chi connectivity index (χ0) is 20.4. The van der Waals surface area contributed by atoms with E-state index in [0.717, 1.165) is 17.7 Å². The Morgan fingerprint density at radius 3 is 2.46 bits per heavy atom. The number of hydrogen-bond acceptors (Lipinski definition) is 3. The molecule has 1 atom stereocenters. The SMILES string of the molecule is CCCNC(=O)C(C)N(Cc1ccccc1)C(=O)CSCc1cccc(C)c1. The average molecular weight is 399 g/mol. The van der Waals surface area contributed by atoms with E-state index in [4.69, 9.17) is 0 Å². The van der Waals surface area contributed by atoms with Crippen molar-refractivity contribution in [2.75, 3.05) is 12.3 Å². The number of carbonyl (C=O) groups excluding carboxylic acids is 2. The van der Waals surface area contributed by atoms with Gasteiger partial charge in [-0.15, -0.1) is 11.8 Å². The molecule has 0 radical (unpaired) electrons. The summed E-state index contributed by atoms with van der Waals surface area (Å²) in [6.07, 6.45) is 0.872. The lowest BCUT2D eigenvalue weighted by Gasteiger charge is -2.28. The van der Waals surface area contributed by atoms with E-state index in [1.54, 1.807) is 23.6 Å². The maximum absolute atomic E-state index is 12.9. The van der Waals surface area contributed by atoms with Crippen LogP contribution in [0.2, 0.25) is 0 Å². The molecular formula is C23H30N2O2S. The third kappa shape index (κ3) is 7.04. The molecule has 4 nitrogen and oxygen atoms in total. The van der Waals surface area contributed by atoms with Gasteiger partial charge in [-0.25, -0.2) is 0 Å². The molecule has 0 aliphatic rings. The highest BCUT2D eigenvalue weighted by Crippen LogP contribution is 2.16. The average Bonchev–Trinajstić information content (AvgIpc) is 2.70.